The number of amides is 1. The molecule has 3 rings (SSSR count). The van der Waals surface area contributed by atoms with Gasteiger partial charge in [0, 0.05) is 37.9 Å². The average Bonchev–Trinajstić information content (AvgIpc) is 3.02. The second kappa shape index (κ2) is 8.37. The van der Waals surface area contributed by atoms with Gasteiger partial charge in [0.1, 0.15) is 6.10 Å². The van der Waals surface area contributed by atoms with Gasteiger partial charge < -0.3 is 9.84 Å². The molecular formula is C19H24N4O4. The molecule has 2 atom stereocenters. The van der Waals surface area contributed by atoms with E-state index in [2.05, 4.69) is 17.9 Å². The summed E-state index contributed by atoms with van der Waals surface area (Å²) in [5.41, 5.74) is 1.27. The van der Waals surface area contributed by atoms with Crippen LogP contribution in [0.25, 0.3) is 0 Å². The largest absolute Gasteiger partial charge is 0.480 e. The fourth-order valence-electron chi connectivity index (χ4n) is 3.72. The number of nitriles is 1. The summed E-state index contributed by atoms with van der Waals surface area (Å²) in [4.78, 5) is 29.0. The highest BCUT2D eigenvalue weighted by atomic mass is 16.6. The minimum atomic E-state index is -0.805. The normalized spacial score (nSPS) is 23.9. The fourth-order valence-corrected chi connectivity index (χ4v) is 3.72. The Morgan fingerprint density at radius 3 is 2.67 bits per heavy atom. The van der Waals surface area contributed by atoms with Crippen LogP contribution in [0.1, 0.15) is 18.9 Å². The van der Waals surface area contributed by atoms with Crippen molar-refractivity contribution in [3.8, 4) is 6.07 Å². The van der Waals surface area contributed by atoms with Crippen molar-refractivity contribution in [2.45, 2.75) is 25.5 Å². The summed E-state index contributed by atoms with van der Waals surface area (Å²) in [7, 11) is 0. The van der Waals surface area contributed by atoms with Gasteiger partial charge in [-0.15, -0.1) is 0 Å². The van der Waals surface area contributed by atoms with E-state index in [1.165, 1.54) is 0 Å². The third-order valence-electron chi connectivity index (χ3n) is 5.14. The van der Waals surface area contributed by atoms with Gasteiger partial charge in [0.25, 0.3) is 0 Å². The van der Waals surface area contributed by atoms with Crippen molar-refractivity contribution in [1.82, 2.24) is 9.80 Å². The molecule has 1 aromatic carbocycles. The van der Waals surface area contributed by atoms with Crippen molar-refractivity contribution < 1.29 is 19.4 Å². The number of carbonyl (C=O) groups excluding carboxylic acids is 1. The lowest BCUT2D eigenvalue weighted by atomic mass is 10.1. The molecule has 8 heteroatoms. The Bertz CT molecular complexity index is 730. The van der Waals surface area contributed by atoms with Crippen LogP contribution in [0.15, 0.2) is 24.3 Å². The summed E-state index contributed by atoms with van der Waals surface area (Å²) in [6.07, 6.45) is 0.311. The van der Waals surface area contributed by atoms with Crippen molar-refractivity contribution in [3.05, 3.63) is 29.8 Å². The van der Waals surface area contributed by atoms with E-state index in [0.717, 1.165) is 18.7 Å². The molecule has 144 valence electrons. The maximum Gasteiger partial charge on any atom is 0.414 e. The van der Waals surface area contributed by atoms with Crippen LogP contribution in [0.4, 0.5) is 10.5 Å². The minimum Gasteiger partial charge on any atom is -0.480 e. The number of hydrogen-bond acceptors (Lipinski definition) is 6. The fraction of sp³-hybridized carbons (Fsp3) is 0.526. The molecule has 0 radical (unpaired) electrons. The Balaban J connectivity index is 1.59. The van der Waals surface area contributed by atoms with Gasteiger partial charge in [-0.2, -0.15) is 5.26 Å². The van der Waals surface area contributed by atoms with E-state index >= 15 is 0 Å². The molecular weight excluding hydrogens is 348 g/mol. The number of benzene rings is 1. The Labute approximate surface area is 158 Å². The summed E-state index contributed by atoms with van der Waals surface area (Å²) < 4.78 is 5.54. The number of piperazine rings is 1. The second-order valence-corrected chi connectivity index (χ2v) is 6.96. The van der Waals surface area contributed by atoms with Gasteiger partial charge in [-0.3, -0.25) is 19.5 Å². The van der Waals surface area contributed by atoms with Crippen molar-refractivity contribution in [1.29, 1.82) is 5.26 Å². The molecule has 2 unspecified atom stereocenters. The second-order valence-electron chi connectivity index (χ2n) is 6.96. The molecule has 27 heavy (non-hydrogen) atoms. The number of aliphatic carboxylic acids is 1. The van der Waals surface area contributed by atoms with Gasteiger partial charge in [0.05, 0.1) is 24.7 Å². The Morgan fingerprint density at radius 2 is 2.04 bits per heavy atom. The van der Waals surface area contributed by atoms with Crippen LogP contribution in [-0.2, 0) is 9.53 Å². The number of rotatable bonds is 6. The van der Waals surface area contributed by atoms with E-state index in [-0.39, 0.29) is 24.8 Å². The summed E-state index contributed by atoms with van der Waals surface area (Å²) >= 11 is 0. The zero-order valence-corrected chi connectivity index (χ0v) is 15.4. The average molecular weight is 372 g/mol. The smallest absolute Gasteiger partial charge is 0.414 e. The summed E-state index contributed by atoms with van der Waals surface area (Å²) in [6, 6.07) is 9.19. The van der Waals surface area contributed by atoms with Gasteiger partial charge >= 0.3 is 12.1 Å². The first-order valence-electron chi connectivity index (χ1n) is 9.16. The highest BCUT2D eigenvalue weighted by molar-refractivity contribution is 5.89. The molecule has 0 aromatic heterocycles. The van der Waals surface area contributed by atoms with Gasteiger partial charge in [0.2, 0.25) is 0 Å². The number of hydrogen-bond donors (Lipinski definition) is 1. The first-order chi connectivity index (χ1) is 13.0. The lowest BCUT2D eigenvalue weighted by Gasteiger charge is -2.41. The molecule has 0 saturated carbocycles. The molecule has 0 aliphatic carbocycles. The molecule has 2 aliphatic heterocycles. The van der Waals surface area contributed by atoms with E-state index < -0.39 is 5.97 Å². The van der Waals surface area contributed by atoms with Crippen LogP contribution in [0.2, 0.25) is 0 Å². The number of ether oxygens (including phenoxy) is 1. The van der Waals surface area contributed by atoms with Crippen molar-refractivity contribution in [2.24, 2.45) is 0 Å². The molecule has 2 saturated heterocycles. The van der Waals surface area contributed by atoms with Crippen LogP contribution < -0.4 is 4.90 Å². The molecule has 1 aromatic rings. The monoisotopic (exact) mass is 372 g/mol. The van der Waals surface area contributed by atoms with E-state index in [1.54, 1.807) is 29.2 Å². The van der Waals surface area contributed by atoms with E-state index in [9.17, 15) is 9.59 Å². The summed E-state index contributed by atoms with van der Waals surface area (Å²) in [5.74, 6) is -0.805. The molecule has 1 N–H and O–H groups in total. The van der Waals surface area contributed by atoms with Gasteiger partial charge in [-0.1, -0.05) is 6.92 Å². The van der Waals surface area contributed by atoms with E-state index in [4.69, 9.17) is 15.1 Å². The quantitative estimate of drug-likeness (QED) is 0.805. The number of nitrogens with zero attached hydrogens (tertiary/aromatic N) is 4. The summed E-state index contributed by atoms with van der Waals surface area (Å²) in [6.45, 7) is 5.43. The third kappa shape index (κ3) is 4.56. The predicted molar refractivity (Wildman–Crippen MR) is 98.5 cm³/mol. The first-order valence-corrected chi connectivity index (χ1v) is 9.16. The lowest BCUT2D eigenvalue weighted by Crippen LogP contribution is -2.55. The zero-order valence-electron chi connectivity index (χ0n) is 15.4. The van der Waals surface area contributed by atoms with Crippen LogP contribution >= 0.6 is 0 Å². The third-order valence-corrected chi connectivity index (χ3v) is 5.14. The lowest BCUT2D eigenvalue weighted by molar-refractivity contribution is -0.139. The van der Waals surface area contributed by atoms with Crippen LogP contribution in [0.5, 0.6) is 0 Å². The van der Waals surface area contributed by atoms with Crippen LogP contribution in [-0.4, -0.2) is 78.4 Å². The molecule has 2 fully saturated rings. The SMILES string of the molecule is CCC1CN(CC(=O)O)CCN1CC1CN(c2ccc(C#N)cc2)C(=O)O1. The molecule has 0 spiro atoms. The molecule has 0 bridgehead atoms. The summed E-state index contributed by atoms with van der Waals surface area (Å²) in [5, 5.41) is 17.9. The maximum atomic E-state index is 12.3. The molecule has 2 heterocycles. The molecule has 1 amide bonds. The number of carbonyl (C=O) groups is 2. The van der Waals surface area contributed by atoms with Gasteiger partial charge in [-0.25, -0.2) is 4.79 Å². The van der Waals surface area contributed by atoms with Gasteiger partial charge in [0.15, 0.2) is 0 Å². The van der Waals surface area contributed by atoms with Crippen molar-refractivity contribution >= 4 is 17.7 Å². The van der Waals surface area contributed by atoms with Crippen LogP contribution in [0.3, 0.4) is 0 Å². The van der Waals surface area contributed by atoms with E-state index in [1.807, 2.05) is 4.90 Å². The minimum absolute atomic E-state index is 0.0647. The van der Waals surface area contributed by atoms with Crippen molar-refractivity contribution in [3.63, 3.8) is 0 Å². The Kier molecular flexibility index (Phi) is 5.94. The number of cyclic esters (lactones) is 1. The zero-order chi connectivity index (χ0) is 19.4. The highest BCUT2D eigenvalue weighted by Gasteiger charge is 2.36. The number of carboxylic acid groups (broad SMARTS) is 1. The van der Waals surface area contributed by atoms with Gasteiger partial charge in [-0.05, 0) is 30.7 Å². The maximum absolute atomic E-state index is 12.3. The first kappa shape index (κ1) is 19.1. The molecule has 2 aliphatic rings. The standard InChI is InChI=1S/C19H24N4O4/c1-2-15-10-21(13-18(24)25)7-8-22(15)11-17-12-23(19(26)27-17)16-5-3-14(9-20)4-6-16/h3-6,15,17H,2,7-8,10-13H2,1H3,(H,24,25). The number of anilines is 1. The molecule has 8 nitrogen and oxygen atoms in total. The Morgan fingerprint density at radius 1 is 1.30 bits per heavy atom. The highest BCUT2D eigenvalue weighted by Crippen LogP contribution is 2.23. The number of carboxylic acids is 1. The van der Waals surface area contributed by atoms with Crippen molar-refractivity contribution in [2.75, 3.05) is 44.2 Å². The Hall–Kier alpha value is -2.63. The topological polar surface area (TPSA) is 97.1 Å². The van der Waals surface area contributed by atoms with E-state index in [0.29, 0.717) is 31.7 Å². The van der Waals surface area contributed by atoms with Crippen LogP contribution in [0, 0.1) is 11.3 Å². The predicted octanol–water partition coefficient (Wildman–Crippen LogP) is 1.36.